The molecule has 1 aromatic carbocycles. The van der Waals surface area contributed by atoms with Gasteiger partial charge in [-0.25, -0.2) is 4.98 Å². The van der Waals surface area contributed by atoms with Crippen LogP contribution in [0.15, 0.2) is 28.5 Å². The Hall–Kier alpha value is -2.23. The van der Waals surface area contributed by atoms with Crippen LogP contribution >= 0.6 is 23.1 Å². The lowest BCUT2D eigenvalue weighted by atomic mass is 9.15. The van der Waals surface area contributed by atoms with Gasteiger partial charge in [0.15, 0.2) is 0 Å². The SMILES string of the molecule is O=C1CCC(N2Cc3c(SCc4nc(CNC56CC7CC8CC(C5)C876)cs4)cccc3C2=O)C(=O)N1. The lowest BCUT2D eigenvalue weighted by Crippen LogP contribution is -2.92. The molecule has 7 nitrogen and oxygen atoms in total. The van der Waals surface area contributed by atoms with E-state index in [1.54, 1.807) is 28.0 Å². The van der Waals surface area contributed by atoms with Crippen LogP contribution in [0.4, 0.5) is 0 Å². The van der Waals surface area contributed by atoms with Crippen molar-refractivity contribution < 1.29 is 14.4 Å². The highest BCUT2D eigenvalue weighted by Gasteiger charge is 2.87. The predicted molar refractivity (Wildman–Crippen MR) is 135 cm³/mol. The van der Waals surface area contributed by atoms with E-state index < -0.39 is 6.04 Å². The van der Waals surface area contributed by atoms with E-state index >= 15 is 0 Å². The normalized spacial score (nSPS) is 37.1. The van der Waals surface area contributed by atoms with Gasteiger partial charge in [0.2, 0.25) is 11.8 Å². The molecule has 3 atom stereocenters. The summed E-state index contributed by atoms with van der Waals surface area (Å²) < 4.78 is 0. The van der Waals surface area contributed by atoms with Crippen molar-refractivity contribution in [1.29, 1.82) is 0 Å². The van der Waals surface area contributed by atoms with E-state index in [0.717, 1.165) is 51.2 Å². The monoisotopic (exact) mass is 520 g/mol. The van der Waals surface area contributed by atoms with Crippen molar-refractivity contribution in [1.82, 2.24) is 20.5 Å². The van der Waals surface area contributed by atoms with Gasteiger partial charge in [-0.1, -0.05) is 6.07 Å². The summed E-state index contributed by atoms with van der Waals surface area (Å²) in [6, 6.07) is 5.22. The highest BCUT2D eigenvalue weighted by molar-refractivity contribution is 7.98. The second kappa shape index (κ2) is 7.42. The number of aromatic nitrogens is 1. The third kappa shape index (κ3) is 2.69. The van der Waals surface area contributed by atoms with Crippen LogP contribution in [0.5, 0.6) is 0 Å². The summed E-state index contributed by atoms with van der Waals surface area (Å²) in [5, 5.41) is 9.60. The number of piperidine rings is 1. The second-order valence-corrected chi connectivity index (χ2v) is 13.5. The molecule has 6 aliphatic rings. The molecular weight excluding hydrogens is 492 g/mol. The van der Waals surface area contributed by atoms with Crippen molar-refractivity contribution in [3.05, 3.63) is 45.4 Å². The summed E-state index contributed by atoms with van der Waals surface area (Å²) in [7, 11) is 0. The molecule has 0 radical (unpaired) electrons. The molecule has 2 aromatic rings. The molecule has 1 spiro atoms. The first-order valence-electron chi connectivity index (χ1n) is 13.1. The minimum absolute atomic E-state index is 0.125. The second-order valence-electron chi connectivity index (χ2n) is 11.5. The number of fused-ring (bicyclic) bond motifs is 1. The van der Waals surface area contributed by atoms with E-state index in [1.807, 2.05) is 18.2 Å². The molecule has 1 aromatic heterocycles. The number of carbonyl (C=O) groups is 3. The van der Waals surface area contributed by atoms with Gasteiger partial charge in [-0.3, -0.25) is 19.7 Å². The summed E-state index contributed by atoms with van der Waals surface area (Å²) in [6.07, 6.45) is 6.37. The Morgan fingerprint density at radius 1 is 1.17 bits per heavy atom. The van der Waals surface area contributed by atoms with Crippen LogP contribution in [-0.2, 0) is 28.4 Å². The zero-order valence-corrected chi connectivity index (χ0v) is 21.6. The van der Waals surface area contributed by atoms with Gasteiger partial charge in [-0.15, -0.1) is 23.1 Å². The Bertz CT molecular complexity index is 1310. The zero-order valence-electron chi connectivity index (χ0n) is 19.9. The topological polar surface area (TPSA) is 91.4 Å². The third-order valence-electron chi connectivity index (χ3n) is 10.3. The fourth-order valence-corrected chi connectivity index (χ4v) is 10.7. The highest BCUT2D eigenvalue weighted by atomic mass is 32.2. The first-order valence-corrected chi connectivity index (χ1v) is 14.9. The summed E-state index contributed by atoms with van der Waals surface area (Å²) in [4.78, 5) is 44.5. The van der Waals surface area contributed by atoms with Crippen molar-refractivity contribution in [3.8, 4) is 0 Å². The average Bonchev–Trinajstić information content (AvgIpc) is 3.40. The number of hydrogen-bond acceptors (Lipinski definition) is 7. The molecule has 4 saturated carbocycles. The van der Waals surface area contributed by atoms with E-state index in [-0.39, 0.29) is 24.1 Å². The van der Waals surface area contributed by atoms with E-state index in [4.69, 9.17) is 4.98 Å². The van der Waals surface area contributed by atoms with Gasteiger partial charge >= 0.3 is 0 Å². The number of benzene rings is 1. The Labute approximate surface area is 217 Å². The van der Waals surface area contributed by atoms with Crippen molar-refractivity contribution in [2.45, 2.75) is 73.8 Å². The summed E-state index contributed by atoms with van der Waals surface area (Å²) in [5.41, 5.74) is 3.89. The molecule has 2 aliphatic heterocycles. The van der Waals surface area contributed by atoms with E-state index in [9.17, 15) is 14.4 Å². The summed E-state index contributed by atoms with van der Waals surface area (Å²) >= 11 is 3.41. The summed E-state index contributed by atoms with van der Waals surface area (Å²) in [6.45, 7) is 1.27. The number of nitrogens with zero attached hydrogens (tertiary/aromatic N) is 2. The van der Waals surface area contributed by atoms with Crippen molar-refractivity contribution in [2.24, 2.45) is 23.2 Å². The van der Waals surface area contributed by atoms with E-state index in [0.29, 0.717) is 29.5 Å². The number of rotatable bonds is 7. The van der Waals surface area contributed by atoms with Gasteiger partial charge in [0, 0.05) is 40.9 Å². The minimum atomic E-state index is -0.583. The van der Waals surface area contributed by atoms with Gasteiger partial charge in [-0.05, 0) is 73.0 Å². The first kappa shape index (κ1) is 21.8. The molecule has 9 heteroatoms. The van der Waals surface area contributed by atoms with Gasteiger partial charge in [0.25, 0.3) is 5.91 Å². The van der Waals surface area contributed by atoms with Crippen molar-refractivity contribution in [3.63, 3.8) is 0 Å². The number of amides is 3. The number of thioether (sulfide) groups is 1. The van der Waals surface area contributed by atoms with Crippen LogP contribution in [0.2, 0.25) is 0 Å². The molecule has 1 saturated heterocycles. The molecule has 3 unspecified atom stereocenters. The van der Waals surface area contributed by atoms with Crippen LogP contribution < -0.4 is 10.6 Å². The lowest BCUT2D eigenvalue weighted by Gasteiger charge is -2.91. The van der Waals surface area contributed by atoms with E-state index in [1.165, 1.54) is 25.7 Å². The third-order valence-corrected chi connectivity index (χ3v) is 12.5. The number of nitrogens with one attached hydrogen (secondary N) is 2. The van der Waals surface area contributed by atoms with Gasteiger partial charge in [0.1, 0.15) is 11.0 Å². The molecule has 5 fully saturated rings. The fourth-order valence-electron chi connectivity index (χ4n) is 8.82. The number of thiazole rings is 1. The number of imide groups is 1. The van der Waals surface area contributed by atoms with Gasteiger partial charge in [-0.2, -0.15) is 0 Å². The largest absolute Gasteiger partial charge is 0.322 e. The maximum absolute atomic E-state index is 13.1. The zero-order chi connectivity index (χ0) is 24.2. The van der Waals surface area contributed by atoms with E-state index in [2.05, 4.69) is 16.0 Å². The minimum Gasteiger partial charge on any atom is -0.322 e. The predicted octanol–water partition coefficient (Wildman–Crippen LogP) is 3.47. The Morgan fingerprint density at radius 2 is 2.00 bits per heavy atom. The van der Waals surface area contributed by atoms with Crippen molar-refractivity contribution in [2.75, 3.05) is 0 Å². The average molecular weight is 521 g/mol. The van der Waals surface area contributed by atoms with Crippen LogP contribution in [0.3, 0.4) is 0 Å². The van der Waals surface area contributed by atoms with Gasteiger partial charge < -0.3 is 10.2 Å². The number of carbonyl (C=O) groups excluding carboxylic acids is 3. The maximum Gasteiger partial charge on any atom is 0.255 e. The molecular formula is C27H28N4O3S2. The lowest BCUT2D eigenvalue weighted by molar-refractivity contribution is -0.397. The molecule has 0 bridgehead atoms. The first-order chi connectivity index (χ1) is 17.5. The molecule has 4 aliphatic carbocycles. The number of hydrogen-bond donors (Lipinski definition) is 2. The smallest absolute Gasteiger partial charge is 0.255 e. The molecule has 2 N–H and O–H groups in total. The highest BCUT2D eigenvalue weighted by Crippen LogP contribution is 2.89. The Balaban J connectivity index is 0.916. The Kier molecular flexibility index (Phi) is 4.50. The van der Waals surface area contributed by atoms with Crippen LogP contribution in [0.1, 0.15) is 65.1 Å². The quantitative estimate of drug-likeness (QED) is 0.429. The molecule has 186 valence electrons. The molecule has 36 heavy (non-hydrogen) atoms. The summed E-state index contributed by atoms with van der Waals surface area (Å²) in [5.74, 6) is 3.03. The molecule has 3 amide bonds. The maximum atomic E-state index is 13.1. The fraction of sp³-hybridized carbons (Fsp3) is 0.556. The van der Waals surface area contributed by atoms with Gasteiger partial charge in [0.05, 0.1) is 11.4 Å². The Morgan fingerprint density at radius 3 is 2.75 bits per heavy atom. The van der Waals surface area contributed by atoms with Crippen molar-refractivity contribution >= 4 is 40.8 Å². The standard InChI is InChI=1S/C27H28N4O3S2/c32-22-5-4-20(24(33)30-22)31-11-19-18(25(31)34)2-1-3-21(19)35-13-23-29-17(12-36-23)10-28-26-8-15-6-14-7-16(9-26)27(14,15)26/h1-3,12,14-16,20,28H,4-11,13H2,(H,30,32,33). The molecule has 3 heterocycles. The van der Waals surface area contributed by atoms with Crippen LogP contribution in [0.25, 0.3) is 0 Å². The van der Waals surface area contributed by atoms with Crippen LogP contribution in [0, 0.1) is 23.2 Å². The molecule has 8 rings (SSSR count). The van der Waals surface area contributed by atoms with Crippen LogP contribution in [-0.4, -0.2) is 39.2 Å².